The summed E-state index contributed by atoms with van der Waals surface area (Å²) in [6.45, 7) is 6.57. The summed E-state index contributed by atoms with van der Waals surface area (Å²) < 4.78 is 0. The van der Waals surface area contributed by atoms with E-state index in [0.29, 0.717) is 0 Å². The van der Waals surface area contributed by atoms with Crippen molar-refractivity contribution in [3.63, 3.8) is 0 Å². The number of benzene rings is 2. The van der Waals surface area contributed by atoms with Gasteiger partial charge in [0.15, 0.2) is 0 Å². The smallest absolute Gasteiger partial charge is 0.138 e. The van der Waals surface area contributed by atoms with Crippen molar-refractivity contribution in [2.24, 2.45) is 0 Å². The van der Waals surface area contributed by atoms with Crippen molar-refractivity contribution in [1.29, 1.82) is 0 Å². The molecule has 0 aliphatic heterocycles. The van der Waals surface area contributed by atoms with Gasteiger partial charge in [0.05, 0.1) is 5.69 Å². The first-order valence-corrected chi connectivity index (χ1v) is 8.47. The van der Waals surface area contributed by atoms with Crippen molar-refractivity contribution < 1.29 is 0 Å². The van der Waals surface area contributed by atoms with Crippen molar-refractivity contribution in [2.45, 2.75) is 40.0 Å². The summed E-state index contributed by atoms with van der Waals surface area (Å²) in [6.07, 6.45) is 3.18. The highest BCUT2D eigenvalue weighted by Gasteiger charge is 2.13. The van der Waals surface area contributed by atoms with Gasteiger partial charge in [0.2, 0.25) is 0 Å². The molecule has 2 aromatic carbocycles. The topological polar surface area (TPSA) is 28.7 Å². The Morgan fingerprint density at radius 2 is 1.65 bits per heavy atom. The van der Waals surface area contributed by atoms with Gasteiger partial charge in [0.25, 0.3) is 0 Å². The molecule has 1 N–H and O–H groups in total. The summed E-state index contributed by atoms with van der Waals surface area (Å²) in [5.74, 6) is 1.00. The molecule has 0 atom stereocenters. The summed E-state index contributed by atoms with van der Waals surface area (Å²) in [5.41, 5.74) is 7.49. The molecule has 2 heteroatoms. The largest absolute Gasteiger partial charge is 0.342 e. The fraction of sp³-hybridized carbons (Fsp3) is 0.286. The van der Waals surface area contributed by atoms with Crippen LogP contribution >= 0.6 is 0 Å². The third kappa shape index (κ3) is 3.07. The lowest BCUT2D eigenvalue weighted by atomic mass is 9.96. The second kappa shape index (κ2) is 6.82. The Labute approximate surface area is 138 Å². The third-order valence-corrected chi connectivity index (χ3v) is 4.37. The summed E-state index contributed by atoms with van der Waals surface area (Å²) in [5, 5.41) is 0. The van der Waals surface area contributed by atoms with E-state index in [1.165, 1.54) is 33.6 Å². The van der Waals surface area contributed by atoms with Gasteiger partial charge in [-0.25, -0.2) is 4.98 Å². The van der Waals surface area contributed by atoms with Crippen LogP contribution in [0, 0.1) is 6.92 Å². The molecule has 0 aliphatic carbocycles. The van der Waals surface area contributed by atoms with Gasteiger partial charge in [0, 0.05) is 11.3 Å². The highest BCUT2D eigenvalue weighted by molar-refractivity contribution is 5.75. The van der Waals surface area contributed by atoms with Crippen LogP contribution in [0.25, 0.3) is 22.5 Å². The number of nitrogens with zero attached hydrogens (tertiary/aromatic N) is 1. The first kappa shape index (κ1) is 15.5. The van der Waals surface area contributed by atoms with Crippen LogP contribution in [0.1, 0.15) is 37.2 Å². The zero-order valence-corrected chi connectivity index (χ0v) is 14.2. The predicted molar refractivity (Wildman–Crippen MR) is 97.6 cm³/mol. The van der Waals surface area contributed by atoms with Gasteiger partial charge < -0.3 is 4.98 Å². The molecule has 0 radical (unpaired) electrons. The van der Waals surface area contributed by atoms with Gasteiger partial charge in [-0.1, -0.05) is 68.8 Å². The number of nitrogens with one attached hydrogen (secondary N) is 1. The number of hydrogen-bond donors (Lipinski definition) is 1. The second-order valence-corrected chi connectivity index (χ2v) is 5.96. The van der Waals surface area contributed by atoms with Crippen molar-refractivity contribution in [3.8, 4) is 22.5 Å². The minimum atomic E-state index is 0.975. The van der Waals surface area contributed by atoms with Crippen LogP contribution in [0.3, 0.4) is 0 Å². The van der Waals surface area contributed by atoms with E-state index in [0.717, 1.165) is 25.1 Å². The van der Waals surface area contributed by atoms with E-state index in [-0.39, 0.29) is 0 Å². The van der Waals surface area contributed by atoms with E-state index < -0.39 is 0 Å². The first-order valence-electron chi connectivity index (χ1n) is 8.47. The van der Waals surface area contributed by atoms with Gasteiger partial charge in [-0.3, -0.25) is 0 Å². The van der Waals surface area contributed by atoms with Crippen LogP contribution in [-0.4, -0.2) is 9.97 Å². The standard InChI is InChI=1S/C21H24N2/c1-4-10-20-19(5-2)22-21(23-20)18-14-9-13-17(15(18)3)16-11-7-6-8-12-16/h6-9,11-14H,4-5,10H2,1-3H3,(H,22,23). The maximum Gasteiger partial charge on any atom is 0.138 e. The number of imidazole rings is 1. The molecule has 0 unspecified atom stereocenters. The molecular weight excluding hydrogens is 280 g/mol. The Hall–Kier alpha value is -2.35. The Morgan fingerprint density at radius 1 is 0.913 bits per heavy atom. The fourth-order valence-electron chi connectivity index (χ4n) is 3.14. The quantitative estimate of drug-likeness (QED) is 0.656. The predicted octanol–water partition coefficient (Wildman–Crippen LogP) is 5.57. The lowest BCUT2D eigenvalue weighted by Gasteiger charge is -2.10. The molecule has 3 aromatic rings. The van der Waals surface area contributed by atoms with Crippen molar-refractivity contribution >= 4 is 0 Å². The molecule has 0 bridgehead atoms. The van der Waals surface area contributed by atoms with Crippen molar-refractivity contribution in [2.75, 3.05) is 0 Å². The monoisotopic (exact) mass is 304 g/mol. The van der Waals surface area contributed by atoms with Gasteiger partial charge in [0.1, 0.15) is 5.82 Å². The molecule has 1 aromatic heterocycles. The third-order valence-electron chi connectivity index (χ3n) is 4.37. The van der Waals surface area contributed by atoms with Crippen LogP contribution < -0.4 is 0 Å². The van der Waals surface area contributed by atoms with Crippen LogP contribution in [0.2, 0.25) is 0 Å². The first-order chi connectivity index (χ1) is 11.2. The zero-order valence-electron chi connectivity index (χ0n) is 14.2. The van der Waals surface area contributed by atoms with Gasteiger partial charge in [-0.15, -0.1) is 0 Å². The average Bonchev–Trinajstić information content (AvgIpc) is 2.99. The molecule has 0 spiro atoms. The summed E-state index contributed by atoms with van der Waals surface area (Å²) in [7, 11) is 0. The van der Waals surface area contributed by atoms with Crippen molar-refractivity contribution in [3.05, 3.63) is 65.5 Å². The van der Waals surface area contributed by atoms with Gasteiger partial charge in [-0.2, -0.15) is 0 Å². The van der Waals surface area contributed by atoms with Crippen LogP contribution in [-0.2, 0) is 12.8 Å². The highest BCUT2D eigenvalue weighted by atomic mass is 14.9. The van der Waals surface area contributed by atoms with E-state index in [1.807, 2.05) is 0 Å². The number of aromatic nitrogens is 2. The minimum Gasteiger partial charge on any atom is -0.342 e. The van der Waals surface area contributed by atoms with Gasteiger partial charge >= 0.3 is 0 Å². The molecule has 118 valence electrons. The van der Waals surface area contributed by atoms with E-state index >= 15 is 0 Å². The van der Waals surface area contributed by atoms with E-state index in [2.05, 4.69) is 74.3 Å². The molecular formula is C21H24N2. The lowest BCUT2D eigenvalue weighted by molar-refractivity contribution is 0.868. The number of aromatic amines is 1. The number of aryl methyl sites for hydroxylation is 2. The molecule has 1 heterocycles. The van der Waals surface area contributed by atoms with Crippen LogP contribution in [0.5, 0.6) is 0 Å². The molecule has 0 saturated heterocycles. The van der Waals surface area contributed by atoms with Gasteiger partial charge in [-0.05, 0) is 36.5 Å². The lowest BCUT2D eigenvalue weighted by Crippen LogP contribution is -1.90. The van der Waals surface area contributed by atoms with E-state index in [4.69, 9.17) is 4.98 Å². The Balaban J connectivity index is 2.08. The number of H-pyrrole nitrogens is 1. The SMILES string of the molecule is CCCc1[nH]c(-c2cccc(-c3ccccc3)c2C)nc1CC. The highest BCUT2D eigenvalue weighted by Crippen LogP contribution is 2.31. The summed E-state index contributed by atoms with van der Waals surface area (Å²) in [6, 6.07) is 17.0. The molecule has 0 fully saturated rings. The van der Waals surface area contributed by atoms with Crippen LogP contribution in [0.4, 0.5) is 0 Å². The molecule has 0 aliphatic rings. The average molecular weight is 304 g/mol. The minimum absolute atomic E-state index is 0.975. The molecule has 0 amide bonds. The Bertz CT molecular complexity index is 785. The maximum atomic E-state index is 4.86. The zero-order chi connectivity index (χ0) is 16.2. The Morgan fingerprint density at radius 3 is 2.35 bits per heavy atom. The number of rotatable bonds is 5. The molecule has 23 heavy (non-hydrogen) atoms. The molecule has 0 saturated carbocycles. The molecule has 2 nitrogen and oxygen atoms in total. The second-order valence-electron chi connectivity index (χ2n) is 5.96. The summed E-state index contributed by atoms with van der Waals surface area (Å²) >= 11 is 0. The van der Waals surface area contributed by atoms with E-state index in [1.54, 1.807) is 0 Å². The van der Waals surface area contributed by atoms with Crippen molar-refractivity contribution in [1.82, 2.24) is 9.97 Å². The van der Waals surface area contributed by atoms with Crippen LogP contribution in [0.15, 0.2) is 48.5 Å². The van der Waals surface area contributed by atoms with E-state index in [9.17, 15) is 0 Å². The summed E-state index contributed by atoms with van der Waals surface area (Å²) in [4.78, 5) is 8.42. The molecule has 3 rings (SSSR count). The normalized spacial score (nSPS) is 10.9. The fourth-order valence-corrected chi connectivity index (χ4v) is 3.14. The Kier molecular flexibility index (Phi) is 4.61. The maximum absolute atomic E-state index is 4.86. The number of hydrogen-bond acceptors (Lipinski definition) is 1.